The lowest BCUT2D eigenvalue weighted by Gasteiger charge is -2.32. The summed E-state index contributed by atoms with van der Waals surface area (Å²) >= 11 is 0. The zero-order valence-electron chi connectivity index (χ0n) is 24.0. The minimum atomic E-state index is -3.50. The molecule has 1 unspecified atom stereocenters. The summed E-state index contributed by atoms with van der Waals surface area (Å²) in [7, 11) is -3.50. The minimum Gasteiger partial charge on any atom is -0.348 e. The lowest BCUT2D eigenvalue weighted by atomic mass is 10.0. The molecule has 5 rings (SSSR count). The van der Waals surface area contributed by atoms with E-state index in [0.29, 0.717) is 25.1 Å². The van der Waals surface area contributed by atoms with Crippen molar-refractivity contribution in [1.82, 2.24) is 19.5 Å². The van der Waals surface area contributed by atoms with Gasteiger partial charge in [-0.25, -0.2) is 8.42 Å². The van der Waals surface area contributed by atoms with Gasteiger partial charge in [-0.15, -0.1) is 0 Å². The highest BCUT2D eigenvalue weighted by Crippen LogP contribution is 2.26. The number of hydrogen-bond acceptors (Lipinski definition) is 5. The molecule has 8 nitrogen and oxygen atoms in total. The van der Waals surface area contributed by atoms with Crippen LogP contribution in [0.25, 0.3) is 0 Å². The lowest BCUT2D eigenvalue weighted by Crippen LogP contribution is -2.43. The molecule has 9 heteroatoms. The molecule has 0 radical (unpaired) electrons. The third-order valence-corrected chi connectivity index (χ3v) is 9.53. The fraction of sp³-hybridized carbons (Fsp3) is 0.265. The molecule has 0 spiro atoms. The largest absolute Gasteiger partial charge is 0.348 e. The highest BCUT2D eigenvalue weighted by Gasteiger charge is 2.31. The van der Waals surface area contributed by atoms with Gasteiger partial charge in [0.05, 0.1) is 17.1 Å². The number of nitrogens with one attached hydrogen (secondary N) is 1. The summed E-state index contributed by atoms with van der Waals surface area (Å²) in [6.07, 6.45) is 4.00. The second-order valence-electron chi connectivity index (χ2n) is 10.6. The van der Waals surface area contributed by atoms with Crippen molar-refractivity contribution in [3.8, 4) is 0 Å². The number of nitrogens with zero attached hydrogens (tertiary/aromatic N) is 3. The van der Waals surface area contributed by atoms with Gasteiger partial charge >= 0.3 is 0 Å². The van der Waals surface area contributed by atoms with Gasteiger partial charge < -0.3 is 10.2 Å². The maximum atomic E-state index is 13.9. The van der Waals surface area contributed by atoms with Crippen LogP contribution in [-0.4, -0.2) is 47.5 Å². The second-order valence-corrected chi connectivity index (χ2v) is 12.6. The first-order chi connectivity index (χ1) is 20.9. The van der Waals surface area contributed by atoms with Crippen molar-refractivity contribution >= 4 is 21.8 Å². The van der Waals surface area contributed by atoms with E-state index in [1.807, 2.05) is 78.9 Å². The highest BCUT2D eigenvalue weighted by molar-refractivity contribution is 7.89. The summed E-state index contributed by atoms with van der Waals surface area (Å²) in [6, 6.07) is 30.4. The predicted molar refractivity (Wildman–Crippen MR) is 165 cm³/mol. The average molecular weight is 597 g/mol. The fourth-order valence-corrected chi connectivity index (χ4v) is 6.81. The molecule has 1 aliphatic rings. The van der Waals surface area contributed by atoms with E-state index >= 15 is 0 Å². The minimum absolute atomic E-state index is 0.155. The van der Waals surface area contributed by atoms with Gasteiger partial charge in [0.2, 0.25) is 21.8 Å². The zero-order valence-corrected chi connectivity index (χ0v) is 24.8. The van der Waals surface area contributed by atoms with Gasteiger partial charge in [0, 0.05) is 32.3 Å². The number of rotatable bonds is 12. The standard InChI is InChI=1S/C34H36N4O4S/c39-32(21-18-27-16-19-31(20-17-27)43(41,42)37-23-9-10-24-37)38(26-28-11-3-1-4-12-28)33(29-13-5-2-6-14-29)34(40)36-25-30-15-7-8-22-35-30/h1-8,11-17,19-20,22,33H,9-10,18,21,23-26H2,(H,36,40). The Kier molecular flexibility index (Phi) is 9.96. The summed E-state index contributed by atoms with van der Waals surface area (Å²) in [5.41, 5.74) is 3.19. The van der Waals surface area contributed by atoms with Crippen molar-refractivity contribution in [2.75, 3.05) is 13.1 Å². The van der Waals surface area contributed by atoms with Crippen molar-refractivity contribution < 1.29 is 18.0 Å². The molecule has 222 valence electrons. The van der Waals surface area contributed by atoms with E-state index < -0.39 is 16.1 Å². The molecule has 1 aliphatic heterocycles. The van der Waals surface area contributed by atoms with Crippen LogP contribution < -0.4 is 5.32 Å². The Morgan fingerprint density at radius 2 is 1.47 bits per heavy atom. The number of hydrogen-bond donors (Lipinski definition) is 1. The first-order valence-electron chi connectivity index (χ1n) is 14.6. The fourth-order valence-electron chi connectivity index (χ4n) is 5.29. The topological polar surface area (TPSA) is 99.7 Å². The van der Waals surface area contributed by atoms with Crippen LogP contribution in [0.1, 0.15) is 47.7 Å². The number of benzene rings is 3. The number of aromatic nitrogens is 1. The molecule has 3 aromatic carbocycles. The van der Waals surface area contributed by atoms with Crippen LogP contribution in [-0.2, 0) is 39.1 Å². The summed E-state index contributed by atoms with van der Waals surface area (Å²) in [4.78, 5) is 33.9. The van der Waals surface area contributed by atoms with Crippen molar-refractivity contribution in [3.63, 3.8) is 0 Å². The Bertz CT molecular complexity index is 1590. The molecule has 2 heterocycles. The van der Waals surface area contributed by atoms with Crippen LogP contribution in [0.4, 0.5) is 0 Å². The van der Waals surface area contributed by atoms with Crippen LogP contribution in [0.2, 0.25) is 0 Å². The summed E-state index contributed by atoms with van der Waals surface area (Å²) in [5, 5.41) is 2.98. The molecular weight excluding hydrogens is 560 g/mol. The first kappa shape index (κ1) is 30.1. The molecule has 1 atom stereocenters. The third kappa shape index (κ3) is 7.74. The van der Waals surface area contributed by atoms with E-state index in [1.54, 1.807) is 35.4 Å². The predicted octanol–water partition coefficient (Wildman–Crippen LogP) is 4.89. The van der Waals surface area contributed by atoms with Crippen molar-refractivity contribution in [2.45, 2.75) is 49.7 Å². The van der Waals surface area contributed by atoms with Crippen molar-refractivity contribution in [1.29, 1.82) is 0 Å². The number of carbonyl (C=O) groups excluding carboxylic acids is 2. The second kappa shape index (κ2) is 14.2. The van der Waals surface area contributed by atoms with Gasteiger partial charge in [0.15, 0.2) is 0 Å². The molecule has 2 amide bonds. The smallest absolute Gasteiger partial charge is 0.247 e. The van der Waals surface area contributed by atoms with Gasteiger partial charge in [-0.05, 0) is 60.2 Å². The zero-order chi connectivity index (χ0) is 30.1. The average Bonchev–Trinajstić information content (AvgIpc) is 3.61. The van der Waals surface area contributed by atoms with Crippen LogP contribution >= 0.6 is 0 Å². The van der Waals surface area contributed by atoms with E-state index in [0.717, 1.165) is 29.7 Å². The molecule has 1 N–H and O–H groups in total. The first-order valence-corrected chi connectivity index (χ1v) is 16.0. The molecule has 4 aromatic rings. The summed E-state index contributed by atoms with van der Waals surface area (Å²) in [5.74, 6) is -0.475. The number of sulfonamides is 1. The molecule has 0 aliphatic carbocycles. The van der Waals surface area contributed by atoms with Crippen molar-refractivity contribution in [2.24, 2.45) is 0 Å². The highest BCUT2D eigenvalue weighted by atomic mass is 32.2. The van der Waals surface area contributed by atoms with Gasteiger partial charge in [-0.1, -0.05) is 78.9 Å². The third-order valence-electron chi connectivity index (χ3n) is 7.62. The number of aryl methyl sites for hydroxylation is 1. The van der Waals surface area contributed by atoms with E-state index in [-0.39, 0.29) is 36.2 Å². The molecule has 0 bridgehead atoms. The molecule has 1 aromatic heterocycles. The molecular formula is C34H36N4O4S. The van der Waals surface area contributed by atoms with Crippen LogP contribution in [0, 0.1) is 0 Å². The Hall–Kier alpha value is -4.34. The van der Waals surface area contributed by atoms with E-state index in [9.17, 15) is 18.0 Å². The molecule has 1 fully saturated rings. The number of amides is 2. The monoisotopic (exact) mass is 596 g/mol. The van der Waals surface area contributed by atoms with E-state index in [4.69, 9.17) is 0 Å². The Morgan fingerprint density at radius 3 is 2.12 bits per heavy atom. The van der Waals surface area contributed by atoms with Crippen LogP contribution in [0.3, 0.4) is 0 Å². The summed E-state index contributed by atoms with van der Waals surface area (Å²) < 4.78 is 27.4. The van der Waals surface area contributed by atoms with Crippen molar-refractivity contribution in [3.05, 3.63) is 132 Å². The lowest BCUT2D eigenvalue weighted by molar-refractivity contribution is -0.141. The van der Waals surface area contributed by atoms with Gasteiger partial charge in [0.25, 0.3) is 0 Å². The number of carbonyl (C=O) groups is 2. The molecule has 1 saturated heterocycles. The molecule has 0 saturated carbocycles. The van der Waals surface area contributed by atoms with Crippen LogP contribution in [0.5, 0.6) is 0 Å². The van der Waals surface area contributed by atoms with E-state index in [1.165, 1.54) is 4.31 Å². The quantitative estimate of drug-likeness (QED) is 0.251. The Morgan fingerprint density at radius 1 is 0.814 bits per heavy atom. The van der Waals surface area contributed by atoms with Gasteiger partial charge in [0.1, 0.15) is 6.04 Å². The Labute approximate surface area is 253 Å². The van der Waals surface area contributed by atoms with Gasteiger partial charge in [-0.3, -0.25) is 14.6 Å². The maximum absolute atomic E-state index is 13.9. The Balaban J connectivity index is 1.36. The normalized spacial score (nSPS) is 14.2. The van der Waals surface area contributed by atoms with Crippen LogP contribution in [0.15, 0.2) is 114 Å². The van der Waals surface area contributed by atoms with Gasteiger partial charge in [-0.2, -0.15) is 4.31 Å². The molecule has 43 heavy (non-hydrogen) atoms. The summed E-state index contributed by atoms with van der Waals surface area (Å²) in [6.45, 7) is 1.59. The maximum Gasteiger partial charge on any atom is 0.247 e. The SMILES string of the molecule is O=C(NCc1ccccn1)C(c1ccccc1)N(Cc1ccccc1)C(=O)CCc1ccc(S(=O)(=O)N2CCCC2)cc1. The number of pyridine rings is 1. The van der Waals surface area contributed by atoms with E-state index in [2.05, 4.69) is 10.3 Å².